The Balaban J connectivity index is 1.84. The number of hydrogen-bond donors (Lipinski definition) is 1. The van der Waals surface area contributed by atoms with Crippen LogP contribution in [0.3, 0.4) is 0 Å². The molecule has 1 N–H and O–H groups in total. The lowest BCUT2D eigenvalue weighted by Gasteiger charge is -2.18. The highest BCUT2D eigenvalue weighted by atomic mass is 16.5. The van der Waals surface area contributed by atoms with E-state index in [0.717, 1.165) is 40.8 Å². The van der Waals surface area contributed by atoms with E-state index in [1.807, 2.05) is 32.1 Å². The number of carbonyl (C=O) groups is 1. The Morgan fingerprint density at radius 3 is 2.65 bits per heavy atom. The van der Waals surface area contributed by atoms with Gasteiger partial charge in [0, 0.05) is 6.42 Å². The SMILES string of the molecule is C=Cc1cc(C2=C(COc3ccc(CCC(=O)O)c(C)c3C)CCOCC2)ccc1C. The van der Waals surface area contributed by atoms with Crippen LogP contribution < -0.4 is 4.74 Å². The molecule has 0 saturated carbocycles. The van der Waals surface area contributed by atoms with Crippen LogP contribution >= 0.6 is 0 Å². The summed E-state index contributed by atoms with van der Waals surface area (Å²) in [6.45, 7) is 12.0. The molecule has 4 nitrogen and oxygen atoms in total. The summed E-state index contributed by atoms with van der Waals surface area (Å²) in [5, 5.41) is 8.96. The third-order valence-corrected chi connectivity index (χ3v) is 6.18. The van der Waals surface area contributed by atoms with Crippen molar-refractivity contribution >= 4 is 17.6 Å². The predicted octanol–water partition coefficient (Wildman–Crippen LogP) is 5.92. The molecule has 0 bridgehead atoms. The average molecular weight is 421 g/mol. The lowest BCUT2D eigenvalue weighted by Crippen LogP contribution is -2.07. The van der Waals surface area contributed by atoms with E-state index in [4.69, 9.17) is 14.6 Å². The van der Waals surface area contributed by atoms with Crippen molar-refractivity contribution in [1.82, 2.24) is 0 Å². The summed E-state index contributed by atoms with van der Waals surface area (Å²) >= 11 is 0. The van der Waals surface area contributed by atoms with Gasteiger partial charge in [0.05, 0.1) is 13.2 Å². The maximum absolute atomic E-state index is 10.9. The first-order valence-electron chi connectivity index (χ1n) is 10.9. The Morgan fingerprint density at radius 2 is 1.90 bits per heavy atom. The van der Waals surface area contributed by atoms with Gasteiger partial charge in [-0.3, -0.25) is 4.79 Å². The third-order valence-electron chi connectivity index (χ3n) is 6.18. The highest BCUT2D eigenvalue weighted by Crippen LogP contribution is 2.31. The fourth-order valence-corrected chi connectivity index (χ4v) is 4.04. The van der Waals surface area contributed by atoms with Crippen LogP contribution in [-0.2, 0) is 16.0 Å². The molecule has 0 unspecified atom stereocenters. The molecule has 0 fully saturated rings. The molecule has 0 spiro atoms. The molecule has 1 aliphatic rings. The number of carboxylic acids is 1. The lowest BCUT2D eigenvalue weighted by molar-refractivity contribution is -0.136. The van der Waals surface area contributed by atoms with E-state index >= 15 is 0 Å². The van der Waals surface area contributed by atoms with Gasteiger partial charge in [0.25, 0.3) is 0 Å². The molecule has 0 radical (unpaired) electrons. The minimum Gasteiger partial charge on any atom is -0.489 e. The van der Waals surface area contributed by atoms with Crippen molar-refractivity contribution in [3.8, 4) is 5.75 Å². The van der Waals surface area contributed by atoms with E-state index in [1.54, 1.807) is 0 Å². The fourth-order valence-electron chi connectivity index (χ4n) is 4.04. The molecule has 1 heterocycles. The van der Waals surface area contributed by atoms with Crippen LogP contribution in [0.15, 0.2) is 42.5 Å². The molecule has 31 heavy (non-hydrogen) atoms. The number of ether oxygens (including phenoxy) is 2. The normalized spacial score (nSPS) is 14.3. The van der Waals surface area contributed by atoms with Crippen molar-refractivity contribution in [2.24, 2.45) is 0 Å². The summed E-state index contributed by atoms with van der Waals surface area (Å²) in [5.74, 6) is 0.0763. The number of rotatable bonds is 8. The van der Waals surface area contributed by atoms with Crippen molar-refractivity contribution in [2.45, 2.75) is 46.5 Å². The first-order chi connectivity index (χ1) is 14.9. The van der Waals surface area contributed by atoms with Crippen LogP contribution in [0.5, 0.6) is 5.75 Å². The smallest absolute Gasteiger partial charge is 0.303 e. The maximum atomic E-state index is 10.9. The molecule has 2 aromatic carbocycles. The fraction of sp³-hybridized carbons (Fsp3) is 0.370. The van der Waals surface area contributed by atoms with E-state index in [2.05, 4.69) is 31.7 Å². The van der Waals surface area contributed by atoms with Crippen molar-refractivity contribution in [3.63, 3.8) is 0 Å². The van der Waals surface area contributed by atoms with Gasteiger partial charge < -0.3 is 14.6 Å². The van der Waals surface area contributed by atoms with Crippen LogP contribution in [0.25, 0.3) is 11.6 Å². The number of carboxylic acid groups (broad SMARTS) is 1. The molecule has 0 atom stereocenters. The monoisotopic (exact) mass is 420 g/mol. The Kier molecular flexibility index (Phi) is 7.69. The van der Waals surface area contributed by atoms with Gasteiger partial charge in [-0.1, -0.05) is 30.9 Å². The molecule has 0 aromatic heterocycles. The zero-order valence-electron chi connectivity index (χ0n) is 18.8. The number of hydrogen-bond acceptors (Lipinski definition) is 3. The molecule has 1 aliphatic heterocycles. The molecular weight excluding hydrogens is 388 g/mol. The number of aliphatic carboxylic acids is 1. The predicted molar refractivity (Wildman–Crippen MR) is 126 cm³/mol. The second-order valence-corrected chi connectivity index (χ2v) is 8.13. The molecule has 164 valence electrons. The molecule has 0 amide bonds. The molecule has 0 aliphatic carbocycles. The third kappa shape index (κ3) is 5.65. The second kappa shape index (κ2) is 10.5. The van der Waals surface area contributed by atoms with Crippen LogP contribution in [0.4, 0.5) is 0 Å². The Labute approximate surface area is 185 Å². The summed E-state index contributed by atoms with van der Waals surface area (Å²) in [6.07, 6.45) is 4.29. The van der Waals surface area contributed by atoms with Crippen LogP contribution in [-0.4, -0.2) is 30.9 Å². The lowest BCUT2D eigenvalue weighted by atomic mass is 9.93. The highest BCUT2D eigenvalue weighted by Gasteiger charge is 2.16. The van der Waals surface area contributed by atoms with E-state index in [-0.39, 0.29) is 6.42 Å². The van der Waals surface area contributed by atoms with Gasteiger partial charge >= 0.3 is 5.97 Å². The minimum absolute atomic E-state index is 0.139. The van der Waals surface area contributed by atoms with Gasteiger partial charge in [-0.15, -0.1) is 0 Å². The zero-order chi connectivity index (χ0) is 22.4. The summed E-state index contributed by atoms with van der Waals surface area (Å²) in [5.41, 5.74) is 9.38. The van der Waals surface area contributed by atoms with Gasteiger partial charge in [0.2, 0.25) is 0 Å². The van der Waals surface area contributed by atoms with E-state index < -0.39 is 5.97 Å². The van der Waals surface area contributed by atoms with Gasteiger partial charge in [0.1, 0.15) is 12.4 Å². The van der Waals surface area contributed by atoms with Crippen molar-refractivity contribution in [1.29, 1.82) is 0 Å². The maximum Gasteiger partial charge on any atom is 0.303 e. The molecule has 3 rings (SSSR count). The van der Waals surface area contributed by atoms with E-state index in [9.17, 15) is 4.79 Å². The van der Waals surface area contributed by atoms with Gasteiger partial charge in [-0.2, -0.15) is 0 Å². The summed E-state index contributed by atoms with van der Waals surface area (Å²) in [4.78, 5) is 10.9. The largest absolute Gasteiger partial charge is 0.489 e. The first-order valence-corrected chi connectivity index (χ1v) is 10.9. The summed E-state index contributed by atoms with van der Waals surface area (Å²) < 4.78 is 12.0. The van der Waals surface area contributed by atoms with Crippen molar-refractivity contribution in [2.75, 3.05) is 19.8 Å². The highest BCUT2D eigenvalue weighted by molar-refractivity contribution is 5.72. The van der Waals surface area contributed by atoms with Crippen molar-refractivity contribution in [3.05, 3.63) is 75.9 Å². The van der Waals surface area contributed by atoms with Crippen LogP contribution in [0.2, 0.25) is 0 Å². The molecule has 0 saturated heterocycles. The number of benzene rings is 2. The standard InChI is InChI=1S/C27H32O4/c1-5-21-16-23(7-6-18(21)2)25-13-15-30-14-12-24(25)17-31-26-10-8-22(9-11-27(28)29)19(3)20(26)4/h5-8,10,16H,1,9,11-15,17H2,2-4H3,(H,28,29). The summed E-state index contributed by atoms with van der Waals surface area (Å²) in [7, 11) is 0. The Bertz CT molecular complexity index is 1000. The van der Waals surface area contributed by atoms with Gasteiger partial charge in [-0.05, 0) is 96.7 Å². The number of aryl methyl sites for hydroxylation is 2. The average Bonchev–Trinajstić information content (AvgIpc) is 3.00. The zero-order valence-corrected chi connectivity index (χ0v) is 18.8. The molecule has 4 heteroatoms. The quantitative estimate of drug-likeness (QED) is 0.576. The van der Waals surface area contributed by atoms with E-state index in [0.29, 0.717) is 26.2 Å². The van der Waals surface area contributed by atoms with Crippen LogP contribution in [0, 0.1) is 20.8 Å². The molecular formula is C27H32O4. The Hall–Kier alpha value is -2.85. The van der Waals surface area contributed by atoms with Gasteiger partial charge in [0.15, 0.2) is 0 Å². The van der Waals surface area contributed by atoms with E-state index in [1.165, 1.54) is 22.3 Å². The molecule has 2 aromatic rings. The Morgan fingerprint density at radius 1 is 1.13 bits per heavy atom. The topological polar surface area (TPSA) is 55.8 Å². The minimum atomic E-state index is -0.775. The van der Waals surface area contributed by atoms with Crippen LogP contribution in [0.1, 0.15) is 52.6 Å². The second-order valence-electron chi connectivity index (χ2n) is 8.13. The first kappa shape index (κ1) is 22.8. The summed E-state index contributed by atoms with van der Waals surface area (Å²) in [6, 6.07) is 10.5. The van der Waals surface area contributed by atoms with Crippen molar-refractivity contribution < 1.29 is 19.4 Å². The van der Waals surface area contributed by atoms with Gasteiger partial charge in [-0.25, -0.2) is 0 Å².